The second kappa shape index (κ2) is 5.94. The lowest BCUT2D eigenvalue weighted by Gasteiger charge is -2.37. The molecule has 3 heterocycles. The minimum Gasteiger partial charge on any atom is -0.462 e. The van der Waals surface area contributed by atoms with E-state index < -0.39 is 5.60 Å². The largest absolute Gasteiger partial charge is 0.462 e. The molecule has 7 heteroatoms. The molecule has 5 N–H and O–H groups in total. The average molecular weight is 306 g/mol. The van der Waals surface area contributed by atoms with E-state index in [1.807, 2.05) is 26.8 Å². The number of β-amino-alcohol motifs (C(OH)–C–C–N with tert-alkyl or cyclic N) is 1. The third-order valence-corrected chi connectivity index (χ3v) is 3.29. The van der Waals surface area contributed by atoms with Crippen molar-refractivity contribution >= 4 is 23.2 Å². The van der Waals surface area contributed by atoms with Crippen molar-refractivity contribution in [2.75, 3.05) is 18.8 Å². The summed E-state index contributed by atoms with van der Waals surface area (Å²) in [5.74, 6) is 0. The van der Waals surface area contributed by atoms with E-state index in [1.165, 1.54) is 0 Å². The summed E-state index contributed by atoms with van der Waals surface area (Å²) in [5.41, 5.74) is 6.84. The van der Waals surface area contributed by atoms with Gasteiger partial charge in [-0.05, 0) is 26.8 Å². The van der Waals surface area contributed by atoms with E-state index in [1.54, 1.807) is 12.4 Å². The summed E-state index contributed by atoms with van der Waals surface area (Å²) in [4.78, 5) is 16.8. The Kier molecular flexibility index (Phi) is 4.39. The Morgan fingerprint density at radius 2 is 2.14 bits per heavy atom. The third-order valence-electron chi connectivity index (χ3n) is 3.29. The van der Waals surface area contributed by atoms with Gasteiger partial charge in [-0.25, -0.2) is 4.98 Å². The normalized spacial score (nSPS) is 16.4. The number of H-pyrrole nitrogens is 1. The summed E-state index contributed by atoms with van der Waals surface area (Å²) in [7, 11) is 0. The van der Waals surface area contributed by atoms with Crippen LogP contribution in [0.5, 0.6) is 0 Å². The Hall–Kier alpha value is -2.12. The third kappa shape index (κ3) is 3.55. The number of aliphatic hydroxyl groups is 1. The minimum atomic E-state index is -0.770. The summed E-state index contributed by atoms with van der Waals surface area (Å²) in [6.07, 6.45) is 3.41. The van der Waals surface area contributed by atoms with Gasteiger partial charge in [-0.1, -0.05) is 0 Å². The topological polar surface area (TPSA) is 113 Å². The maximum atomic E-state index is 10.2. The van der Waals surface area contributed by atoms with Gasteiger partial charge in [0.15, 0.2) is 0 Å². The summed E-state index contributed by atoms with van der Waals surface area (Å²) in [6, 6.07) is 1.84. The highest BCUT2D eigenvalue weighted by Gasteiger charge is 2.38. The van der Waals surface area contributed by atoms with Crippen molar-refractivity contribution in [1.29, 1.82) is 0 Å². The number of carbonyl (C=O) groups excluding carboxylic acids is 1. The number of nitrogens with two attached hydrogens (primary N) is 1. The number of aromatic nitrogens is 2. The van der Waals surface area contributed by atoms with Crippen LogP contribution in [0.2, 0.25) is 0 Å². The average Bonchev–Trinajstić information content (AvgIpc) is 2.78. The van der Waals surface area contributed by atoms with E-state index in [9.17, 15) is 9.90 Å². The smallest absolute Gasteiger partial charge is 0.293 e. The van der Waals surface area contributed by atoms with Gasteiger partial charge >= 0.3 is 0 Å². The number of hydrogen-bond acceptors (Lipinski definition) is 6. The standard InChI is InChI=1S/C10H12N4O.C5H10O2/c11-6-1-7-8(10(15)4-12-5-10)3-14-9(7)13-2-6;1-5(2,3)7-4-6/h1-3,12,15H,4-5,11H2,(H,13,14);4H,1-3H3. The Morgan fingerprint density at radius 3 is 2.59 bits per heavy atom. The molecule has 22 heavy (non-hydrogen) atoms. The Bertz CT molecular complexity index is 656. The van der Waals surface area contributed by atoms with Crippen LogP contribution in [0.4, 0.5) is 5.69 Å². The highest BCUT2D eigenvalue weighted by molar-refractivity contribution is 5.83. The monoisotopic (exact) mass is 306 g/mol. The van der Waals surface area contributed by atoms with Crippen LogP contribution in [-0.2, 0) is 15.1 Å². The highest BCUT2D eigenvalue weighted by atomic mass is 16.5. The fraction of sp³-hybridized carbons (Fsp3) is 0.467. The van der Waals surface area contributed by atoms with Crippen LogP contribution in [-0.4, -0.2) is 40.2 Å². The zero-order valence-electron chi connectivity index (χ0n) is 13.0. The van der Waals surface area contributed by atoms with Crippen LogP contribution >= 0.6 is 0 Å². The first-order chi connectivity index (χ1) is 10.2. The van der Waals surface area contributed by atoms with Crippen molar-refractivity contribution < 1.29 is 14.6 Å². The number of nitrogen functional groups attached to an aromatic ring is 1. The molecule has 1 aliphatic rings. The van der Waals surface area contributed by atoms with E-state index in [2.05, 4.69) is 20.0 Å². The van der Waals surface area contributed by atoms with Gasteiger partial charge in [-0.3, -0.25) is 4.79 Å². The van der Waals surface area contributed by atoms with Gasteiger partial charge in [0.2, 0.25) is 0 Å². The number of rotatable bonds is 2. The predicted octanol–water partition coefficient (Wildman–Crippen LogP) is 0.894. The molecule has 7 nitrogen and oxygen atoms in total. The van der Waals surface area contributed by atoms with Crippen molar-refractivity contribution in [3.05, 3.63) is 24.0 Å². The van der Waals surface area contributed by atoms with Gasteiger partial charge in [0.25, 0.3) is 6.47 Å². The minimum absolute atomic E-state index is 0.318. The van der Waals surface area contributed by atoms with E-state index >= 15 is 0 Å². The number of nitrogens with zero attached hydrogens (tertiary/aromatic N) is 1. The molecule has 1 saturated heterocycles. The lowest BCUT2D eigenvalue weighted by atomic mass is 9.88. The maximum Gasteiger partial charge on any atom is 0.293 e. The molecule has 2 aromatic heterocycles. The van der Waals surface area contributed by atoms with Gasteiger partial charge < -0.3 is 25.9 Å². The van der Waals surface area contributed by atoms with Crippen molar-refractivity contribution in [2.45, 2.75) is 32.0 Å². The maximum absolute atomic E-state index is 10.2. The lowest BCUT2D eigenvalue weighted by Crippen LogP contribution is -2.56. The van der Waals surface area contributed by atoms with Gasteiger partial charge in [-0.2, -0.15) is 0 Å². The first-order valence-electron chi connectivity index (χ1n) is 7.03. The molecule has 0 bridgehead atoms. The molecule has 0 saturated carbocycles. The van der Waals surface area contributed by atoms with Crippen LogP contribution < -0.4 is 11.1 Å². The van der Waals surface area contributed by atoms with Gasteiger partial charge in [-0.15, -0.1) is 0 Å². The molecule has 0 atom stereocenters. The second-order valence-corrected chi connectivity index (χ2v) is 6.33. The van der Waals surface area contributed by atoms with Crippen molar-refractivity contribution in [2.24, 2.45) is 0 Å². The summed E-state index contributed by atoms with van der Waals surface area (Å²) >= 11 is 0. The molecular weight excluding hydrogens is 284 g/mol. The van der Waals surface area contributed by atoms with Gasteiger partial charge in [0.05, 0.1) is 11.9 Å². The van der Waals surface area contributed by atoms with Crippen LogP contribution in [0.1, 0.15) is 26.3 Å². The summed E-state index contributed by atoms with van der Waals surface area (Å²) in [6.45, 7) is 7.08. The van der Waals surface area contributed by atoms with Crippen LogP contribution in [0.3, 0.4) is 0 Å². The van der Waals surface area contributed by atoms with Crippen molar-refractivity contribution in [3.8, 4) is 0 Å². The zero-order valence-corrected chi connectivity index (χ0v) is 13.0. The van der Waals surface area contributed by atoms with Crippen molar-refractivity contribution in [1.82, 2.24) is 15.3 Å². The molecule has 0 aromatic carbocycles. The van der Waals surface area contributed by atoms with E-state index in [4.69, 9.17) is 5.73 Å². The molecule has 2 aromatic rings. The summed E-state index contributed by atoms with van der Waals surface area (Å²) in [5, 5.41) is 14.2. The Balaban J connectivity index is 0.000000217. The second-order valence-electron chi connectivity index (χ2n) is 6.33. The molecule has 0 radical (unpaired) electrons. The molecule has 0 spiro atoms. The quantitative estimate of drug-likeness (QED) is 0.613. The SMILES string of the molecule is CC(C)(C)OC=O.Nc1cnc2[nH]cc(C3(O)CNC3)c2c1. The fourth-order valence-corrected chi connectivity index (χ4v) is 2.10. The van der Waals surface area contributed by atoms with E-state index in [0.29, 0.717) is 25.2 Å². The first-order valence-corrected chi connectivity index (χ1v) is 7.03. The number of anilines is 1. The van der Waals surface area contributed by atoms with E-state index in [0.717, 1.165) is 16.6 Å². The van der Waals surface area contributed by atoms with Crippen LogP contribution in [0.25, 0.3) is 11.0 Å². The number of ether oxygens (including phenoxy) is 1. The number of aromatic amines is 1. The van der Waals surface area contributed by atoms with Crippen molar-refractivity contribution in [3.63, 3.8) is 0 Å². The number of nitrogens with one attached hydrogen (secondary N) is 2. The van der Waals surface area contributed by atoms with Gasteiger partial charge in [0.1, 0.15) is 16.8 Å². The van der Waals surface area contributed by atoms with Crippen LogP contribution in [0, 0.1) is 0 Å². The predicted molar refractivity (Wildman–Crippen MR) is 84.2 cm³/mol. The Labute approximate surface area is 128 Å². The molecule has 3 rings (SSSR count). The first kappa shape index (κ1) is 16.3. The molecule has 0 aliphatic carbocycles. The molecule has 1 aliphatic heterocycles. The van der Waals surface area contributed by atoms with Gasteiger partial charge in [0, 0.05) is 30.2 Å². The Morgan fingerprint density at radius 1 is 1.45 bits per heavy atom. The molecule has 120 valence electrons. The van der Waals surface area contributed by atoms with Crippen LogP contribution in [0.15, 0.2) is 18.5 Å². The number of carbonyl (C=O) groups is 1. The lowest BCUT2D eigenvalue weighted by molar-refractivity contribution is -0.138. The summed E-state index contributed by atoms with van der Waals surface area (Å²) < 4.78 is 4.55. The fourth-order valence-electron chi connectivity index (χ4n) is 2.10. The molecular formula is C15H22N4O3. The van der Waals surface area contributed by atoms with E-state index in [-0.39, 0.29) is 5.60 Å². The number of hydrogen-bond donors (Lipinski definition) is 4. The molecule has 1 fully saturated rings. The molecule has 0 amide bonds. The number of fused-ring (bicyclic) bond motifs is 1. The number of pyridine rings is 1. The highest BCUT2D eigenvalue weighted by Crippen LogP contribution is 2.31. The zero-order chi connectivity index (χ0) is 16.4. The molecule has 0 unspecified atom stereocenters.